The molecule has 0 spiro atoms. The van der Waals surface area contributed by atoms with Crippen molar-refractivity contribution in [2.45, 2.75) is 38.6 Å². The molecule has 3 aromatic rings. The van der Waals surface area contributed by atoms with E-state index in [-0.39, 0.29) is 6.61 Å². The highest BCUT2D eigenvalue weighted by Crippen LogP contribution is 2.29. The van der Waals surface area contributed by atoms with E-state index < -0.39 is 6.10 Å². The van der Waals surface area contributed by atoms with Gasteiger partial charge in [-0.05, 0) is 48.2 Å². The second kappa shape index (κ2) is 9.27. The van der Waals surface area contributed by atoms with Crippen LogP contribution in [0.15, 0.2) is 65.1 Å². The molecule has 5 heteroatoms. The molecule has 1 atom stereocenters. The standard InChI is InChI=1S/C24H27NO4/c26-17-22-9-8-21(29-22)16-25-12-13-28-24-11-7-19(14-20(24)15-25)23(27)10-6-18-4-2-1-3-5-18/h1-5,7-9,11,14,23,26-27H,6,10,12-13,15-17H2/t23-/m1/s1. The maximum absolute atomic E-state index is 10.7. The monoisotopic (exact) mass is 393 g/mol. The first-order chi connectivity index (χ1) is 14.2. The van der Waals surface area contributed by atoms with Gasteiger partial charge < -0.3 is 19.4 Å². The molecule has 0 aliphatic carbocycles. The number of aryl methyl sites for hydroxylation is 1. The Morgan fingerprint density at radius 2 is 1.83 bits per heavy atom. The number of aliphatic hydroxyl groups excluding tert-OH is 2. The van der Waals surface area contributed by atoms with E-state index in [0.29, 0.717) is 25.3 Å². The molecule has 1 aliphatic rings. The number of rotatable bonds is 7. The minimum atomic E-state index is -0.505. The van der Waals surface area contributed by atoms with Crippen molar-refractivity contribution in [2.24, 2.45) is 0 Å². The number of aliphatic hydroxyl groups is 2. The summed E-state index contributed by atoms with van der Waals surface area (Å²) >= 11 is 0. The normalized spacial score (nSPS) is 15.4. The predicted octanol–water partition coefficient (Wildman–Crippen LogP) is 3.83. The van der Waals surface area contributed by atoms with E-state index in [1.807, 2.05) is 36.4 Å². The Labute approximate surface area is 171 Å². The third-order valence-electron chi connectivity index (χ3n) is 5.33. The zero-order valence-electron chi connectivity index (χ0n) is 16.5. The van der Waals surface area contributed by atoms with Gasteiger partial charge in [0, 0.05) is 18.7 Å². The number of hydrogen-bond acceptors (Lipinski definition) is 5. The van der Waals surface area contributed by atoms with Crippen LogP contribution in [-0.2, 0) is 26.1 Å². The number of nitrogens with zero attached hydrogens (tertiary/aromatic N) is 1. The van der Waals surface area contributed by atoms with Crippen LogP contribution in [0.3, 0.4) is 0 Å². The maximum Gasteiger partial charge on any atom is 0.129 e. The van der Waals surface area contributed by atoms with Crippen LogP contribution >= 0.6 is 0 Å². The molecule has 2 N–H and O–H groups in total. The van der Waals surface area contributed by atoms with Gasteiger partial charge in [-0.1, -0.05) is 36.4 Å². The summed E-state index contributed by atoms with van der Waals surface area (Å²) in [5.74, 6) is 2.29. The third kappa shape index (κ3) is 5.07. The third-order valence-corrected chi connectivity index (χ3v) is 5.33. The zero-order chi connectivity index (χ0) is 20.1. The Hall–Kier alpha value is -2.60. The van der Waals surface area contributed by atoms with Crippen LogP contribution in [0.5, 0.6) is 5.75 Å². The quantitative estimate of drug-likeness (QED) is 0.639. The number of benzene rings is 2. The number of fused-ring (bicyclic) bond motifs is 1. The predicted molar refractivity (Wildman–Crippen MR) is 110 cm³/mol. The Balaban J connectivity index is 1.43. The van der Waals surface area contributed by atoms with E-state index in [0.717, 1.165) is 42.1 Å². The number of furan rings is 1. The SMILES string of the molecule is OCc1ccc(CN2CCOc3ccc([C@H](O)CCc4ccccc4)cc3C2)o1. The van der Waals surface area contributed by atoms with Crippen molar-refractivity contribution in [1.29, 1.82) is 0 Å². The summed E-state index contributed by atoms with van der Waals surface area (Å²) < 4.78 is 11.5. The van der Waals surface area contributed by atoms with Gasteiger partial charge in [0.2, 0.25) is 0 Å². The molecule has 0 saturated heterocycles. The van der Waals surface area contributed by atoms with Gasteiger partial charge in [0.1, 0.15) is 30.5 Å². The van der Waals surface area contributed by atoms with Crippen LogP contribution in [0.4, 0.5) is 0 Å². The molecular weight excluding hydrogens is 366 g/mol. The number of hydrogen-bond donors (Lipinski definition) is 2. The van der Waals surface area contributed by atoms with Gasteiger partial charge in [0.05, 0.1) is 12.6 Å². The van der Waals surface area contributed by atoms with Gasteiger partial charge >= 0.3 is 0 Å². The van der Waals surface area contributed by atoms with Crippen molar-refractivity contribution in [1.82, 2.24) is 4.90 Å². The second-order valence-electron chi connectivity index (χ2n) is 7.49. The van der Waals surface area contributed by atoms with Crippen molar-refractivity contribution in [2.75, 3.05) is 13.2 Å². The van der Waals surface area contributed by atoms with Gasteiger partial charge in [-0.3, -0.25) is 4.90 Å². The highest BCUT2D eigenvalue weighted by atomic mass is 16.5. The molecule has 152 valence electrons. The van der Waals surface area contributed by atoms with Crippen molar-refractivity contribution in [3.63, 3.8) is 0 Å². The molecular formula is C24H27NO4. The fraction of sp³-hybridized carbons (Fsp3) is 0.333. The van der Waals surface area contributed by atoms with Crippen molar-refractivity contribution >= 4 is 0 Å². The van der Waals surface area contributed by atoms with Crippen LogP contribution in [0.25, 0.3) is 0 Å². The number of ether oxygens (including phenoxy) is 1. The summed E-state index contributed by atoms with van der Waals surface area (Å²) in [6.07, 6.45) is 1.02. The van der Waals surface area contributed by atoms with Crippen molar-refractivity contribution in [3.8, 4) is 5.75 Å². The minimum absolute atomic E-state index is 0.0871. The first-order valence-electron chi connectivity index (χ1n) is 10.1. The van der Waals surface area contributed by atoms with E-state index in [4.69, 9.17) is 9.15 Å². The molecule has 0 radical (unpaired) electrons. The summed E-state index contributed by atoms with van der Waals surface area (Å²) in [7, 11) is 0. The Bertz CT molecular complexity index is 922. The molecule has 0 amide bonds. The molecule has 0 fully saturated rings. The Morgan fingerprint density at radius 3 is 2.62 bits per heavy atom. The first kappa shape index (κ1) is 19.7. The largest absolute Gasteiger partial charge is 0.492 e. The van der Waals surface area contributed by atoms with Gasteiger partial charge in [-0.25, -0.2) is 0 Å². The average molecular weight is 393 g/mol. The van der Waals surface area contributed by atoms with Crippen LogP contribution in [-0.4, -0.2) is 28.3 Å². The summed E-state index contributed by atoms with van der Waals surface area (Å²) in [4.78, 5) is 2.26. The molecule has 1 aromatic heterocycles. The molecule has 2 aromatic carbocycles. The molecule has 0 unspecified atom stereocenters. The Kier molecular flexibility index (Phi) is 6.30. The summed E-state index contributed by atoms with van der Waals surface area (Å²) in [6, 6.07) is 19.9. The molecule has 4 rings (SSSR count). The van der Waals surface area contributed by atoms with Crippen molar-refractivity contribution < 1.29 is 19.4 Å². The molecule has 5 nitrogen and oxygen atoms in total. The van der Waals surface area contributed by atoms with E-state index in [9.17, 15) is 10.2 Å². The summed E-state index contributed by atoms with van der Waals surface area (Å²) in [5, 5.41) is 19.9. The van der Waals surface area contributed by atoms with Gasteiger partial charge in [0.15, 0.2) is 0 Å². The van der Waals surface area contributed by atoms with Crippen molar-refractivity contribution in [3.05, 3.63) is 88.9 Å². The van der Waals surface area contributed by atoms with E-state index in [2.05, 4.69) is 23.1 Å². The fourth-order valence-corrected chi connectivity index (χ4v) is 3.74. The van der Waals surface area contributed by atoms with E-state index >= 15 is 0 Å². The molecule has 2 heterocycles. The molecule has 0 saturated carbocycles. The zero-order valence-corrected chi connectivity index (χ0v) is 16.5. The topological polar surface area (TPSA) is 66.1 Å². The lowest BCUT2D eigenvalue weighted by atomic mass is 9.99. The van der Waals surface area contributed by atoms with Gasteiger partial charge in [0.25, 0.3) is 0 Å². The van der Waals surface area contributed by atoms with Gasteiger partial charge in [-0.2, -0.15) is 0 Å². The molecule has 1 aliphatic heterocycles. The molecule has 29 heavy (non-hydrogen) atoms. The van der Waals surface area contributed by atoms with Crippen LogP contribution in [0.1, 0.15) is 40.7 Å². The van der Waals surface area contributed by atoms with E-state index in [1.54, 1.807) is 6.07 Å². The minimum Gasteiger partial charge on any atom is -0.492 e. The van der Waals surface area contributed by atoms with Gasteiger partial charge in [-0.15, -0.1) is 0 Å². The maximum atomic E-state index is 10.7. The van der Waals surface area contributed by atoms with Crippen LogP contribution < -0.4 is 4.74 Å². The van der Waals surface area contributed by atoms with E-state index in [1.165, 1.54) is 5.56 Å². The highest BCUT2D eigenvalue weighted by molar-refractivity contribution is 5.38. The Morgan fingerprint density at radius 1 is 1.00 bits per heavy atom. The lowest BCUT2D eigenvalue weighted by Crippen LogP contribution is -2.25. The lowest BCUT2D eigenvalue weighted by molar-refractivity contribution is 0.167. The second-order valence-corrected chi connectivity index (χ2v) is 7.49. The smallest absolute Gasteiger partial charge is 0.129 e. The average Bonchev–Trinajstić information content (AvgIpc) is 3.11. The summed E-state index contributed by atoms with van der Waals surface area (Å²) in [5.41, 5.74) is 3.23. The lowest BCUT2D eigenvalue weighted by Gasteiger charge is -2.18. The summed E-state index contributed by atoms with van der Waals surface area (Å²) in [6.45, 7) is 2.69. The highest BCUT2D eigenvalue weighted by Gasteiger charge is 2.19. The van der Waals surface area contributed by atoms with Crippen LogP contribution in [0, 0.1) is 0 Å². The van der Waals surface area contributed by atoms with Crippen LogP contribution in [0.2, 0.25) is 0 Å². The molecule has 0 bridgehead atoms. The fourth-order valence-electron chi connectivity index (χ4n) is 3.74. The first-order valence-corrected chi connectivity index (χ1v) is 10.1.